The van der Waals surface area contributed by atoms with Crippen LogP contribution in [-0.4, -0.2) is 23.1 Å². The minimum absolute atomic E-state index is 0.409. The molecule has 20 heavy (non-hydrogen) atoms. The molecule has 106 valence electrons. The van der Waals surface area contributed by atoms with E-state index in [4.69, 9.17) is 5.73 Å². The number of nitrogens with zero attached hydrogens (tertiary/aromatic N) is 2. The number of nitrogens with two attached hydrogens (primary N) is 1. The maximum atomic E-state index is 5.59. The molecule has 0 amide bonds. The monoisotopic (exact) mass is 335 g/mol. The maximum absolute atomic E-state index is 5.59. The normalized spacial score (nSPS) is 11.9. The molecule has 1 unspecified atom stereocenters. The van der Waals surface area contributed by atoms with Crippen LogP contribution in [-0.2, 0) is 0 Å². The van der Waals surface area contributed by atoms with Crippen molar-refractivity contribution in [2.75, 3.05) is 23.7 Å². The van der Waals surface area contributed by atoms with Gasteiger partial charge in [0.1, 0.15) is 18.0 Å². The second-order valence-electron chi connectivity index (χ2n) is 4.65. The van der Waals surface area contributed by atoms with Gasteiger partial charge in [0.15, 0.2) is 0 Å². The smallest absolute Gasteiger partial charge is 0.135 e. The van der Waals surface area contributed by atoms with Crippen LogP contribution in [0.15, 0.2) is 41.1 Å². The molecule has 0 aliphatic carbocycles. The molecule has 0 bridgehead atoms. The summed E-state index contributed by atoms with van der Waals surface area (Å²) in [4.78, 5) is 8.40. The number of anilines is 3. The Morgan fingerprint density at radius 2 is 2.05 bits per heavy atom. The van der Waals surface area contributed by atoms with Crippen molar-refractivity contribution in [3.8, 4) is 0 Å². The zero-order valence-electron chi connectivity index (χ0n) is 11.3. The lowest BCUT2D eigenvalue weighted by Gasteiger charge is -2.11. The van der Waals surface area contributed by atoms with Gasteiger partial charge in [0.2, 0.25) is 0 Å². The fourth-order valence-electron chi connectivity index (χ4n) is 1.60. The van der Waals surface area contributed by atoms with E-state index in [9.17, 15) is 0 Å². The molecule has 2 aromatic rings. The Morgan fingerprint density at radius 1 is 1.25 bits per heavy atom. The number of hydrogen-bond acceptors (Lipinski definition) is 5. The second kappa shape index (κ2) is 7.21. The average molecular weight is 336 g/mol. The highest BCUT2D eigenvalue weighted by Crippen LogP contribution is 2.20. The first kappa shape index (κ1) is 14.7. The molecule has 0 radical (unpaired) electrons. The van der Waals surface area contributed by atoms with E-state index < -0.39 is 0 Å². The van der Waals surface area contributed by atoms with E-state index in [-0.39, 0.29) is 0 Å². The van der Waals surface area contributed by atoms with Gasteiger partial charge in [0.05, 0.1) is 0 Å². The molecule has 5 nitrogen and oxygen atoms in total. The Hall–Kier alpha value is -1.66. The summed E-state index contributed by atoms with van der Waals surface area (Å²) in [5.41, 5.74) is 6.56. The molecular formula is C14H18BrN5. The van der Waals surface area contributed by atoms with Crippen LogP contribution in [0.25, 0.3) is 0 Å². The molecule has 6 heteroatoms. The zero-order valence-corrected chi connectivity index (χ0v) is 12.9. The zero-order chi connectivity index (χ0) is 14.4. The van der Waals surface area contributed by atoms with Crippen molar-refractivity contribution in [2.45, 2.75) is 6.92 Å². The van der Waals surface area contributed by atoms with Crippen LogP contribution in [0.5, 0.6) is 0 Å². The fourth-order valence-corrected chi connectivity index (χ4v) is 2.00. The van der Waals surface area contributed by atoms with Crippen LogP contribution in [0.3, 0.4) is 0 Å². The van der Waals surface area contributed by atoms with Crippen LogP contribution in [0.2, 0.25) is 0 Å². The van der Waals surface area contributed by atoms with E-state index >= 15 is 0 Å². The summed E-state index contributed by atoms with van der Waals surface area (Å²) in [5, 5.41) is 6.49. The van der Waals surface area contributed by atoms with Crippen molar-refractivity contribution in [1.82, 2.24) is 9.97 Å². The minimum Gasteiger partial charge on any atom is -0.370 e. The van der Waals surface area contributed by atoms with Gasteiger partial charge in [-0.2, -0.15) is 0 Å². The van der Waals surface area contributed by atoms with Crippen LogP contribution < -0.4 is 16.4 Å². The molecule has 1 heterocycles. The first-order valence-corrected chi connectivity index (χ1v) is 7.25. The number of halogens is 1. The van der Waals surface area contributed by atoms with Crippen LogP contribution in [0.4, 0.5) is 17.3 Å². The molecule has 0 aliphatic heterocycles. The predicted octanol–water partition coefficient (Wildman–Crippen LogP) is 2.99. The van der Waals surface area contributed by atoms with E-state index in [0.717, 1.165) is 28.3 Å². The third-order valence-corrected chi connectivity index (χ3v) is 3.29. The topological polar surface area (TPSA) is 75.9 Å². The van der Waals surface area contributed by atoms with Crippen molar-refractivity contribution in [3.05, 3.63) is 41.1 Å². The molecule has 1 aromatic heterocycles. The Balaban J connectivity index is 2.02. The van der Waals surface area contributed by atoms with E-state index in [1.807, 2.05) is 30.3 Å². The maximum Gasteiger partial charge on any atom is 0.135 e. The Bertz CT molecular complexity index is 561. The van der Waals surface area contributed by atoms with Crippen molar-refractivity contribution < 1.29 is 0 Å². The highest BCUT2D eigenvalue weighted by Gasteiger charge is 2.02. The van der Waals surface area contributed by atoms with E-state index in [1.54, 1.807) is 0 Å². The average Bonchev–Trinajstić information content (AvgIpc) is 2.45. The molecule has 0 spiro atoms. The molecule has 4 N–H and O–H groups in total. The van der Waals surface area contributed by atoms with E-state index in [1.165, 1.54) is 6.33 Å². The molecule has 1 atom stereocenters. The summed E-state index contributed by atoms with van der Waals surface area (Å²) in [5.74, 6) is 1.95. The van der Waals surface area contributed by atoms with Gasteiger partial charge in [-0.3, -0.25) is 0 Å². The van der Waals surface area contributed by atoms with Gasteiger partial charge in [0, 0.05) is 22.8 Å². The first-order chi connectivity index (χ1) is 9.67. The second-order valence-corrected chi connectivity index (χ2v) is 5.56. The number of hydrogen-bond donors (Lipinski definition) is 3. The van der Waals surface area contributed by atoms with Crippen molar-refractivity contribution in [1.29, 1.82) is 0 Å². The van der Waals surface area contributed by atoms with Gasteiger partial charge in [-0.25, -0.2) is 9.97 Å². The molecule has 0 saturated heterocycles. The minimum atomic E-state index is 0.409. The van der Waals surface area contributed by atoms with Gasteiger partial charge in [-0.05, 0) is 30.7 Å². The third kappa shape index (κ3) is 4.47. The third-order valence-electron chi connectivity index (χ3n) is 2.80. The quantitative estimate of drug-likeness (QED) is 0.756. The number of benzene rings is 1. The number of nitrogens with one attached hydrogen (secondary N) is 2. The largest absolute Gasteiger partial charge is 0.370 e. The number of rotatable bonds is 6. The molecule has 0 aliphatic rings. The number of aromatic nitrogens is 2. The molecule has 2 rings (SSSR count). The highest BCUT2D eigenvalue weighted by atomic mass is 79.9. The molecular weight excluding hydrogens is 318 g/mol. The Morgan fingerprint density at radius 3 is 2.80 bits per heavy atom. The lowest BCUT2D eigenvalue weighted by atomic mass is 10.2. The summed E-state index contributed by atoms with van der Waals surface area (Å²) in [7, 11) is 0. The Labute approximate surface area is 127 Å². The van der Waals surface area contributed by atoms with Crippen LogP contribution in [0.1, 0.15) is 6.92 Å². The van der Waals surface area contributed by atoms with Crippen molar-refractivity contribution in [2.24, 2.45) is 11.7 Å². The summed E-state index contributed by atoms with van der Waals surface area (Å²) in [6, 6.07) is 9.80. The molecule has 0 fully saturated rings. The summed E-state index contributed by atoms with van der Waals surface area (Å²) in [6.45, 7) is 3.54. The van der Waals surface area contributed by atoms with Gasteiger partial charge in [0.25, 0.3) is 0 Å². The first-order valence-electron chi connectivity index (χ1n) is 6.46. The van der Waals surface area contributed by atoms with Gasteiger partial charge < -0.3 is 16.4 Å². The van der Waals surface area contributed by atoms with Gasteiger partial charge in [-0.15, -0.1) is 0 Å². The van der Waals surface area contributed by atoms with Crippen LogP contribution >= 0.6 is 15.9 Å². The summed E-state index contributed by atoms with van der Waals surface area (Å²) in [6.07, 6.45) is 1.54. The lowest BCUT2D eigenvalue weighted by molar-refractivity contribution is 0.627. The highest BCUT2D eigenvalue weighted by molar-refractivity contribution is 9.10. The molecule has 0 saturated carbocycles. The summed E-state index contributed by atoms with van der Waals surface area (Å²) < 4.78 is 1.02. The van der Waals surface area contributed by atoms with Gasteiger partial charge >= 0.3 is 0 Å². The standard InChI is InChI=1S/C14H18BrN5/c1-10(7-16)8-17-13-6-14(19-9-18-13)20-12-4-2-3-11(15)5-12/h2-6,9-10H,7-8,16H2,1H3,(H2,17,18,19,20). The van der Waals surface area contributed by atoms with Crippen LogP contribution in [0, 0.1) is 5.92 Å². The Kier molecular flexibility index (Phi) is 5.31. The van der Waals surface area contributed by atoms with E-state index in [0.29, 0.717) is 12.5 Å². The van der Waals surface area contributed by atoms with Crippen molar-refractivity contribution in [3.63, 3.8) is 0 Å². The van der Waals surface area contributed by atoms with Crippen molar-refractivity contribution >= 4 is 33.3 Å². The summed E-state index contributed by atoms with van der Waals surface area (Å²) >= 11 is 3.44. The van der Waals surface area contributed by atoms with Gasteiger partial charge in [-0.1, -0.05) is 28.9 Å². The predicted molar refractivity (Wildman–Crippen MR) is 86.2 cm³/mol. The fraction of sp³-hybridized carbons (Fsp3) is 0.286. The lowest BCUT2D eigenvalue weighted by Crippen LogP contribution is -2.20. The SMILES string of the molecule is CC(CN)CNc1cc(Nc2cccc(Br)c2)ncn1. The molecule has 1 aromatic carbocycles. The van der Waals surface area contributed by atoms with E-state index in [2.05, 4.69) is 43.5 Å².